The van der Waals surface area contributed by atoms with Crippen LogP contribution in [0.3, 0.4) is 0 Å². The van der Waals surface area contributed by atoms with Crippen LogP contribution in [0.15, 0.2) is 18.2 Å². The molecule has 0 aliphatic heterocycles. The van der Waals surface area contributed by atoms with E-state index in [0.717, 1.165) is 24.6 Å². The first-order valence-corrected chi connectivity index (χ1v) is 7.72. The first-order chi connectivity index (χ1) is 9.80. The summed E-state index contributed by atoms with van der Waals surface area (Å²) in [5, 5.41) is 3.57. The molecule has 2 rings (SSSR count). The van der Waals surface area contributed by atoms with Gasteiger partial charge in [0.1, 0.15) is 11.5 Å². The fourth-order valence-corrected chi connectivity index (χ4v) is 3.28. The van der Waals surface area contributed by atoms with Crippen molar-refractivity contribution in [3.8, 4) is 11.5 Å². The Bertz CT molecular complexity index is 419. The largest absolute Gasteiger partial charge is 0.497 e. The van der Waals surface area contributed by atoms with Crippen LogP contribution in [0.1, 0.15) is 44.1 Å². The molecule has 0 bridgehead atoms. The summed E-state index contributed by atoms with van der Waals surface area (Å²) in [5.41, 5.74) is 1.31. The van der Waals surface area contributed by atoms with Crippen LogP contribution in [0, 0.1) is 5.92 Å². The molecule has 0 heterocycles. The lowest BCUT2D eigenvalue weighted by Crippen LogP contribution is -2.25. The van der Waals surface area contributed by atoms with E-state index in [-0.39, 0.29) is 0 Å². The van der Waals surface area contributed by atoms with Gasteiger partial charge in [-0.25, -0.2) is 0 Å². The molecule has 0 amide bonds. The first-order valence-electron chi connectivity index (χ1n) is 7.72. The van der Waals surface area contributed by atoms with Crippen molar-refractivity contribution in [1.29, 1.82) is 0 Å². The molecule has 112 valence electrons. The van der Waals surface area contributed by atoms with Gasteiger partial charge in [-0.2, -0.15) is 0 Å². The summed E-state index contributed by atoms with van der Waals surface area (Å²) < 4.78 is 10.9. The monoisotopic (exact) mass is 277 g/mol. The van der Waals surface area contributed by atoms with Gasteiger partial charge in [-0.05, 0) is 62.4 Å². The Hall–Kier alpha value is -1.22. The summed E-state index contributed by atoms with van der Waals surface area (Å²) >= 11 is 0. The summed E-state index contributed by atoms with van der Waals surface area (Å²) in [7, 11) is 3.48. The second kappa shape index (κ2) is 7.53. The van der Waals surface area contributed by atoms with Crippen molar-refractivity contribution in [2.45, 2.75) is 38.5 Å². The van der Waals surface area contributed by atoms with Crippen LogP contribution < -0.4 is 14.8 Å². The first kappa shape index (κ1) is 15.2. The van der Waals surface area contributed by atoms with Crippen molar-refractivity contribution in [2.75, 3.05) is 27.3 Å². The number of nitrogens with one attached hydrogen (secondary N) is 1. The molecule has 2 unspecified atom stereocenters. The molecule has 1 aliphatic rings. The predicted octanol–water partition coefficient (Wildman–Crippen LogP) is 3.59. The highest BCUT2D eigenvalue weighted by atomic mass is 16.5. The zero-order valence-corrected chi connectivity index (χ0v) is 12.9. The third-order valence-electron chi connectivity index (χ3n) is 4.33. The highest BCUT2D eigenvalue weighted by Gasteiger charge is 2.30. The van der Waals surface area contributed by atoms with Crippen LogP contribution in [0.4, 0.5) is 0 Å². The highest BCUT2D eigenvalue weighted by Crippen LogP contribution is 2.43. The van der Waals surface area contributed by atoms with Gasteiger partial charge in [-0.15, -0.1) is 0 Å². The van der Waals surface area contributed by atoms with Gasteiger partial charge in [0.15, 0.2) is 0 Å². The van der Waals surface area contributed by atoms with E-state index in [2.05, 4.69) is 18.3 Å². The van der Waals surface area contributed by atoms with Gasteiger partial charge in [0.05, 0.1) is 14.2 Å². The van der Waals surface area contributed by atoms with Crippen LogP contribution in [-0.2, 0) is 0 Å². The Morgan fingerprint density at radius 3 is 2.75 bits per heavy atom. The molecule has 0 aromatic heterocycles. The van der Waals surface area contributed by atoms with E-state index in [1.54, 1.807) is 14.2 Å². The predicted molar refractivity (Wildman–Crippen MR) is 82.8 cm³/mol. The standard InChI is InChI=1S/C17H27NO2/c1-4-10-18-12-13-6-5-7-15(13)16-11-14(19-2)8-9-17(16)20-3/h8-9,11,13,15,18H,4-7,10,12H2,1-3H3. The minimum absolute atomic E-state index is 0.587. The lowest BCUT2D eigenvalue weighted by atomic mass is 9.88. The highest BCUT2D eigenvalue weighted by molar-refractivity contribution is 5.43. The molecule has 0 saturated heterocycles. The molecule has 2 atom stereocenters. The zero-order valence-electron chi connectivity index (χ0n) is 12.9. The molecular formula is C17H27NO2. The molecule has 1 N–H and O–H groups in total. The quantitative estimate of drug-likeness (QED) is 0.773. The summed E-state index contributed by atoms with van der Waals surface area (Å²) in [6.07, 6.45) is 5.06. The van der Waals surface area contributed by atoms with Gasteiger partial charge >= 0.3 is 0 Å². The van der Waals surface area contributed by atoms with Crippen molar-refractivity contribution >= 4 is 0 Å². The average molecular weight is 277 g/mol. The Balaban J connectivity index is 2.15. The molecule has 1 saturated carbocycles. The van der Waals surface area contributed by atoms with Gasteiger partial charge in [0.2, 0.25) is 0 Å². The number of ether oxygens (including phenoxy) is 2. The van der Waals surface area contributed by atoms with Crippen LogP contribution in [-0.4, -0.2) is 27.3 Å². The van der Waals surface area contributed by atoms with E-state index in [0.29, 0.717) is 11.8 Å². The molecule has 1 aliphatic carbocycles. The summed E-state index contributed by atoms with van der Waals surface area (Å²) in [5.74, 6) is 3.22. The van der Waals surface area contributed by atoms with Crippen LogP contribution in [0.5, 0.6) is 11.5 Å². The van der Waals surface area contributed by atoms with E-state index in [4.69, 9.17) is 9.47 Å². The van der Waals surface area contributed by atoms with Gasteiger partial charge < -0.3 is 14.8 Å². The van der Waals surface area contributed by atoms with Crippen LogP contribution in [0.25, 0.3) is 0 Å². The van der Waals surface area contributed by atoms with Crippen molar-refractivity contribution < 1.29 is 9.47 Å². The molecule has 1 aromatic carbocycles. The van der Waals surface area contributed by atoms with Gasteiger partial charge in [-0.3, -0.25) is 0 Å². The lowest BCUT2D eigenvalue weighted by molar-refractivity contribution is 0.381. The zero-order chi connectivity index (χ0) is 14.4. The second-order valence-electron chi connectivity index (χ2n) is 5.61. The Morgan fingerprint density at radius 1 is 1.20 bits per heavy atom. The number of hydrogen-bond acceptors (Lipinski definition) is 3. The Labute approximate surface area is 122 Å². The smallest absolute Gasteiger partial charge is 0.122 e. The third kappa shape index (κ3) is 3.45. The molecular weight excluding hydrogens is 250 g/mol. The van der Waals surface area contributed by atoms with E-state index < -0.39 is 0 Å². The molecule has 3 nitrogen and oxygen atoms in total. The molecule has 20 heavy (non-hydrogen) atoms. The summed E-state index contributed by atoms with van der Waals surface area (Å²) in [6, 6.07) is 6.16. The second-order valence-corrected chi connectivity index (χ2v) is 5.61. The average Bonchev–Trinajstić information content (AvgIpc) is 2.95. The molecule has 3 heteroatoms. The van der Waals surface area contributed by atoms with Gasteiger partial charge in [0.25, 0.3) is 0 Å². The number of benzene rings is 1. The fourth-order valence-electron chi connectivity index (χ4n) is 3.28. The fraction of sp³-hybridized carbons (Fsp3) is 0.647. The van der Waals surface area contributed by atoms with Crippen LogP contribution in [0.2, 0.25) is 0 Å². The van der Waals surface area contributed by atoms with Crippen molar-refractivity contribution in [1.82, 2.24) is 5.32 Å². The lowest BCUT2D eigenvalue weighted by Gasteiger charge is -2.23. The maximum atomic E-state index is 5.56. The van der Waals surface area contributed by atoms with E-state index >= 15 is 0 Å². The molecule has 1 aromatic rings. The van der Waals surface area contributed by atoms with Crippen molar-refractivity contribution in [3.63, 3.8) is 0 Å². The summed E-state index contributed by atoms with van der Waals surface area (Å²) in [6.45, 7) is 4.43. The van der Waals surface area contributed by atoms with Crippen LogP contribution >= 0.6 is 0 Å². The number of hydrogen-bond donors (Lipinski definition) is 1. The van der Waals surface area contributed by atoms with E-state index in [9.17, 15) is 0 Å². The molecule has 1 fully saturated rings. The Kier molecular flexibility index (Phi) is 5.72. The van der Waals surface area contributed by atoms with Gasteiger partial charge in [-0.1, -0.05) is 13.3 Å². The van der Waals surface area contributed by atoms with Crippen molar-refractivity contribution in [2.24, 2.45) is 5.92 Å². The van der Waals surface area contributed by atoms with E-state index in [1.165, 1.54) is 31.2 Å². The topological polar surface area (TPSA) is 30.5 Å². The number of methoxy groups -OCH3 is 2. The summed E-state index contributed by atoms with van der Waals surface area (Å²) in [4.78, 5) is 0. The normalized spacial score (nSPS) is 21.9. The minimum Gasteiger partial charge on any atom is -0.497 e. The molecule has 0 radical (unpaired) electrons. The maximum Gasteiger partial charge on any atom is 0.122 e. The maximum absolute atomic E-state index is 5.56. The minimum atomic E-state index is 0.587. The molecule has 0 spiro atoms. The van der Waals surface area contributed by atoms with E-state index in [1.807, 2.05) is 12.1 Å². The van der Waals surface area contributed by atoms with Crippen molar-refractivity contribution in [3.05, 3.63) is 23.8 Å². The Morgan fingerprint density at radius 2 is 2.05 bits per heavy atom. The van der Waals surface area contributed by atoms with Gasteiger partial charge in [0, 0.05) is 5.56 Å². The third-order valence-corrected chi connectivity index (χ3v) is 4.33. The number of rotatable bonds is 7. The SMILES string of the molecule is CCCNCC1CCCC1c1cc(OC)ccc1OC.